The van der Waals surface area contributed by atoms with E-state index >= 15 is 0 Å². The Morgan fingerprint density at radius 1 is 0.857 bits per heavy atom. The Labute approximate surface area is 416 Å². The van der Waals surface area contributed by atoms with Gasteiger partial charge < -0.3 is 47.8 Å². The molecule has 4 rings (SSSR count). The van der Waals surface area contributed by atoms with Crippen LogP contribution in [0, 0.1) is 35.5 Å². The van der Waals surface area contributed by atoms with E-state index in [0.29, 0.717) is 69.8 Å². The number of methoxy groups -OCH3 is 3. The van der Waals surface area contributed by atoms with Crippen molar-refractivity contribution in [1.29, 1.82) is 0 Å². The van der Waals surface area contributed by atoms with Crippen LogP contribution in [0.5, 0.6) is 0 Å². The number of hydrogen-bond donors (Lipinski definition) is 2. The van der Waals surface area contributed by atoms with E-state index in [1.807, 2.05) is 58.1 Å². The lowest BCUT2D eigenvalue weighted by Gasteiger charge is -2.42. The molecule has 396 valence electrons. The molecule has 0 aromatic carbocycles. The number of esters is 1. The molecular weight excluding hydrogens is 922 g/mol. The molecule has 3 heterocycles. The number of nitrogens with zero attached hydrogens (tertiary/aromatic N) is 1. The van der Waals surface area contributed by atoms with Crippen LogP contribution in [0.2, 0.25) is 0 Å². The second-order valence-electron chi connectivity index (χ2n) is 20.6. The third-order valence-electron chi connectivity index (χ3n) is 15.1. The molecule has 2 bridgehead atoms. The van der Waals surface area contributed by atoms with Crippen LogP contribution in [0.3, 0.4) is 0 Å². The van der Waals surface area contributed by atoms with Gasteiger partial charge in [-0.1, -0.05) is 71.1 Å². The summed E-state index contributed by atoms with van der Waals surface area (Å²) in [6.07, 6.45) is 10.8. The molecule has 0 radical (unpaired) electrons. The van der Waals surface area contributed by atoms with Gasteiger partial charge in [0.05, 0.1) is 24.4 Å². The van der Waals surface area contributed by atoms with Crippen LogP contribution < -0.4 is 0 Å². The van der Waals surface area contributed by atoms with Crippen molar-refractivity contribution in [2.45, 2.75) is 180 Å². The Morgan fingerprint density at radius 2 is 1.57 bits per heavy atom. The predicted octanol–water partition coefficient (Wildman–Crippen LogP) is 7.67. The third kappa shape index (κ3) is 15.9. The maximum absolute atomic E-state index is 14.5. The number of ether oxygens (including phenoxy) is 5. The number of aliphatic hydroxyl groups excluding tert-OH is 1. The summed E-state index contributed by atoms with van der Waals surface area (Å²) in [5.41, 5.74) is 1.24. The van der Waals surface area contributed by atoms with Crippen molar-refractivity contribution in [2.75, 3.05) is 41.6 Å². The van der Waals surface area contributed by atoms with Gasteiger partial charge >= 0.3 is 13.6 Å². The number of carbonyl (C=O) groups excluding carboxylic acids is 5. The Balaban J connectivity index is 1.70. The normalized spacial score (nSPS) is 39.3. The summed E-state index contributed by atoms with van der Waals surface area (Å²) in [4.78, 5) is 72.3. The van der Waals surface area contributed by atoms with E-state index in [1.54, 1.807) is 41.1 Å². The summed E-state index contributed by atoms with van der Waals surface area (Å²) in [7, 11) is 2.55. The zero-order chi connectivity index (χ0) is 52.1. The molecular formula is C53H84NO15P. The molecule has 70 heavy (non-hydrogen) atoms. The first kappa shape index (κ1) is 59.4. The molecule has 3 fully saturated rings. The molecule has 4 aliphatic rings. The van der Waals surface area contributed by atoms with Gasteiger partial charge in [-0.3, -0.25) is 23.7 Å². The van der Waals surface area contributed by atoms with Crippen molar-refractivity contribution in [3.05, 3.63) is 47.6 Å². The fraction of sp³-hybridized carbons (Fsp3) is 0.755. The largest absolute Gasteiger partial charge is 0.460 e. The monoisotopic (exact) mass is 1010 g/mol. The molecule has 1 amide bonds. The van der Waals surface area contributed by atoms with E-state index < -0.39 is 97.6 Å². The van der Waals surface area contributed by atoms with Crippen LogP contribution in [-0.4, -0.2) is 141 Å². The number of cyclic esters (lactones) is 1. The molecule has 3 aliphatic heterocycles. The lowest BCUT2D eigenvalue weighted by atomic mass is 9.78. The summed E-state index contributed by atoms with van der Waals surface area (Å²) in [5, 5.41) is 23.5. The summed E-state index contributed by atoms with van der Waals surface area (Å²) < 4.78 is 53.4. The number of ketones is 3. The standard InChI is InChI=1S/C53H84NO15P/c1-32-18-14-13-15-19-33(2)44(63-8)30-40-23-21-38(7)53(61,68-40)50(58)51(59)54-25-17-16-20-41(54)52(60)67-45(35(4)28-39-22-24-43(46(29-39)64-9)69-70(12,62)66-11)31-42(55)34(3)27-37(6)48(57)49(65-10)47(56)36(5)26-32/h13-15,18-19,27,32,34-36,38-41,43-46,48-49,57,61H,16-17,20-26,28-31H2,1-12H3/b15-13+,18-14+,33-19+,37-27+/t32-,34-,35-,36-,38-,39+,40?,41?,43-,44+,45+,46-,48-,49+,53-,70?/m1/s1. The molecule has 1 aliphatic carbocycles. The number of aliphatic hydroxyl groups is 2. The lowest BCUT2D eigenvalue weighted by Crippen LogP contribution is -2.61. The van der Waals surface area contributed by atoms with Gasteiger partial charge in [-0.25, -0.2) is 4.79 Å². The third-order valence-corrected chi connectivity index (χ3v) is 16.4. The first-order chi connectivity index (χ1) is 33.0. The smallest absolute Gasteiger partial charge is 0.329 e. The molecule has 16 atom stereocenters. The van der Waals surface area contributed by atoms with Gasteiger partial charge in [-0.15, -0.1) is 0 Å². The molecule has 0 aromatic rings. The second kappa shape index (κ2) is 27.2. The zero-order valence-corrected chi connectivity index (χ0v) is 44.7. The van der Waals surface area contributed by atoms with Gasteiger partial charge in [-0.05, 0) is 107 Å². The minimum absolute atomic E-state index is 0.00690. The summed E-state index contributed by atoms with van der Waals surface area (Å²) in [6, 6.07) is -1.17. The molecule has 17 heteroatoms. The molecule has 0 aromatic heterocycles. The zero-order valence-electron chi connectivity index (χ0n) is 43.8. The van der Waals surface area contributed by atoms with Gasteiger partial charge in [0.1, 0.15) is 30.1 Å². The molecule has 16 nitrogen and oxygen atoms in total. The number of hydrogen-bond acceptors (Lipinski definition) is 15. The van der Waals surface area contributed by atoms with E-state index in [9.17, 15) is 38.8 Å². The highest BCUT2D eigenvalue weighted by Crippen LogP contribution is 2.48. The first-order valence-corrected chi connectivity index (χ1v) is 27.3. The summed E-state index contributed by atoms with van der Waals surface area (Å²) in [6.45, 7) is 14.1. The van der Waals surface area contributed by atoms with Crippen LogP contribution in [0.15, 0.2) is 47.6 Å². The number of Topliss-reactive ketones (excluding diaryl/α,β-unsaturated/α-hetero) is 3. The maximum Gasteiger partial charge on any atom is 0.329 e. The SMILES string of the molecule is CO[C@H]1CC2CC[C@@H](C)[C@@](O)(O2)C(=O)C(=O)N2CCCCC2C(=O)O[C@H]([C@H](C)C[C@@H]2CC[C@@H](OP(C)(=O)OC)[C@H](OC)C2)CC(=O)[C@H](C)/C=C(\C)[C@@H](O)[C@@H](OC)C(=O)[C@H](C)C[C@H](C)/C=C/C=C/C=C/1C. The number of allylic oxidation sites excluding steroid dienone is 6. The van der Waals surface area contributed by atoms with Crippen LogP contribution in [0.4, 0.5) is 0 Å². The number of amides is 1. The van der Waals surface area contributed by atoms with Crippen molar-refractivity contribution >= 4 is 36.8 Å². The van der Waals surface area contributed by atoms with Gasteiger partial charge in [0.25, 0.3) is 11.7 Å². The molecule has 2 N–H and O–H groups in total. The average Bonchev–Trinajstić information content (AvgIpc) is 3.33. The summed E-state index contributed by atoms with van der Waals surface area (Å²) in [5.74, 6) is -8.26. The number of carbonyl (C=O) groups is 5. The van der Waals surface area contributed by atoms with Crippen LogP contribution in [0.1, 0.15) is 126 Å². The van der Waals surface area contributed by atoms with Crippen molar-refractivity contribution in [2.24, 2.45) is 35.5 Å². The van der Waals surface area contributed by atoms with Gasteiger partial charge in [0.2, 0.25) is 5.79 Å². The quantitative estimate of drug-likeness (QED) is 0.0982. The van der Waals surface area contributed by atoms with Gasteiger partial charge in [-0.2, -0.15) is 0 Å². The number of piperidine rings is 1. The van der Waals surface area contributed by atoms with Crippen molar-refractivity contribution < 1.29 is 71.5 Å². The topological polar surface area (TPSA) is 211 Å². The molecule has 0 spiro atoms. The molecule has 1 saturated carbocycles. The minimum Gasteiger partial charge on any atom is -0.460 e. The minimum atomic E-state index is -3.30. The Morgan fingerprint density at radius 3 is 2.23 bits per heavy atom. The second-order valence-corrected chi connectivity index (χ2v) is 22.7. The number of fused-ring (bicyclic) bond motifs is 3. The van der Waals surface area contributed by atoms with Gasteiger partial charge in [0.15, 0.2) is 5.78 Å². The predicted molar refractivity (Wildman–Crippen MR) is 265 cm³/mol. The average molecular weight is 1010 g/mol. The van der Waals surface area contributed by atoms with E-state index in [-0.39, 0.29) is 48.7 Å². The summed E-state index contributed by atoms with van der Waals surface area (Å²) >= 11 is 0. The van der Waals surface area contributed by atoms with E-state index in [4.69, 9.17) is 32.7 Å². The molecule has 2 saturated heterocycles. The van der Waals surface area contributed by atoms with Crippen molar-refractivity contribution in [1.82, 2.24) is 4.90 Å². The van der Waals surface area contributed by atoms with Crippen LogP contribution >= 0.6 is 7.60 Å². The maximum atomic E-state index is 14.5. The van der Waals surface area contributed by atoms with Crippen molar-refractivity contribution in [3.8, 4) is 0 Å². The lowest BCUT2D eigenvalue weighted by molar-refractivity contribution is -0.265. The van der Waals surface area contributed by atoms with E-state index in [0.717, 1.165) is 5.57 Å². The van der Waals surface area contributed by atoms with Gasteiger partial charge in [0, 0.05) is 72.2 Å². The van der Waals surface area contributed by atoms with Crippen molar-refractivity contribution in [3.63, 3.8) is 0 Å². The molecule has 3 unspecified atom stereocenters. The fourth-order valence-corrected chi connectivity index (χ4v) is 11.3. The highest BCUT2D eigenvalue weighted by molar-refractivity contribution is 7.52. The highest BCUT2D eigenvalue weighted by Gasteiger charge is 2.53. The van der Waals surface area contributed by atoms with E-state index in [1.165, 1.54) is 25.8 Å². The van der Waals surface area contributed by atoms with Crippen LogP contribution in [-0.2, 0) is 61.3 Å². The Hall–Kier alpha value is -3.18. The highest BCUT2D eigenvalue weighted by atomic mass is 31.2. The Bertz CT molecular complexity index is 1970. The first-order valence-electron chi connectivity index (χ1n) is 25.3. The fourth-order valence-electron chi connectivity index (χ4n) is 10.5. The number of rotatable bonds is 9. The van der Waals surface area contributed by atoms with E-state index in [2.05, 4.69) is 0 Å². The van der Waals surface area contributed by atoms with Crippen LogP contribution in [0.25, 0.3) is 0 Å². The Kier molecular flexibility index (Phi) is 23.1.